The fourth-order valence-electron chi connectivity index (χ4n) is 5.54. The summed E-state index contributed by atoms with van der Waals surface area (Å²) in [7, 11) is 2.76. The summed E-state index contributed by atoms with van der Waals surface area (Å²) in [6.07, 6.45) is 65.3. The first-order valence-corrected chi connectivity index (χ1v) is 20.2. The van der Waals surface area contributed by atoms with Crippen LogP contribution in [0, 0.1) is 0 Å². The Balaban J connectivity index is 1.95. The van der Waals surface area contributed by atoms with E-state index < -0.39 is 0 Å². The van der Waals surface area contributed by atoms with Crippen molar-refractivity contribution in [1.29, 1.82) is 0 Å². The Kier molecular flexibility index (Phi) is 30.8. The van der Waals surface area contributed by atoms with E-state index in [9.17, 15) is 9.59 Å². The molecule has 0 aromatic heterocycles. The standard InChI is InChI=1S/C49H70O4/c1-5-6-7-8-9-10-11-12-13-14-15-16-17-18-19-20-21-22-23-24-25-26-27-28-29-30-31-32-33-34-35-36-37-38-39-40-41-42-43-45-44(2)46(50)48(52-3)49(53-4)47(45)51/h5-6,9-10,13-14,17-18,21-22,25-26,29-30,33-34,37-38,41-42H,7-8,11-12,15-16,19-20,23-24,27-28,31-32,35-36,39-40,43H2,1-4H3/b6-5+,10-9+,14-13+,18-17+,22-21+,26-25+,30-29+,34-33+,38-37+,42-41+. The predicted octanol–water partition coefficient (Wildman–Crippen LogP) is 14.0. The number of ketones is 2. The number of ether oxygens (including phenoxy) is 2. The average molecular weight is 723 g/mol. The van der Waals surface area contributed by atoms with E-state index >= 15 is 0 Å². The minimum Gasteiger partial charge on any atom is -0.489 e. The quantitative estimate of drug-likeness (QED) is 0.0406. The Bertz CT molecular complexity index is 1370. The van der Waals surface area contributed by atoms with Gasteiger partial charge in [0.2, 0.25) is 23.1 Å². The molecule has 0 unspecified atom stereocenters. The number of allylic oxidation sites excluding steroid dienone is 22. The van der Waals surface area contributed by atoms with E-state index in [2.05, 4.69) is 122 Å². The van der Waals surface area contributed by atoms with Crippen LogP contribution in [0.1, 0.15) is 136 Å². The van der Waals surface area contributed by atoms with Crippen molar-refractivity contribution < 1.29 is 19.1 Å². The molecule has 4 heteroatoms. The van der Waals surface area contributed by atoms with Crippen LogP contribution in [0.4, 0.5) is 0 Å². The molecule has 0 radical (unpaired) electrons. The molecule has 1 aliphatic carbocycles. The fraction of sp³-hybridized carbons (Fsp3) is 0.469. The van der Waals surface area contributed by atoms with Gasteiger partial charge < -0.3 is 9.47 Å². The van der Waals surface area contributed by atoms with Crippen molar-refractivity contribution in [3.05, 3.63) is 144 Å². The molecule has 290 valence electrons. The number of unbranched alkanes of at least 4 members (excludes halogenated alkanes) is 9. The summed E-state index contributed by atoms with van der Waals surface area (Å²) in [5.41, 5.74) is 0.897. The van der Waals surface area contributed by atoms with Gasteiger partial charge in [0.25, 0.3) is 0 Å². The Morgan fingerprint density at radius 1 is 0.358 bits per heavy atom. The Morgan fingerprint density at radius 3 is 0.830 bits per heavy atom. The van der Waals surface area contributed by atoms with Gasteiger partial charge in [-0.25, -0.2) is 0 Å². The van der Waals surface area contributed by atoms with Gasteiger partial charge in [0.15, 0.2) is 0 Å². The molecule has 0 aliphatic heterocycles. The first kappa shape index (κ1) is 46.8. The first-order valence-electron chi connectivity index (χ1n) is 20.2. The van der Waals surface area contributed by atoms with E-state index in [1.807, 2.05) is 6.08 Å². The van der Waals surface area contributed by atoms with E-state index in [4.69, 9.17) is 9.47 Å². The molecule has 4 nitrogen and oxygen atoms in total. The van der Waals surface area contributed by atoms with E-state index in [-0.39, 0.29) is 23.1 Å². The summed E-state index contributed by atoms with van der Waals surface area (Å²) in [4.78, 5) is 25.1. The zero-order valence-corrected chi connectivity index (χ0v) is 33.6. The van der Waals surface area contributed by atoms with Crippen LogP contribution < -0.4 is 0 Å². The maximum absolute atomic E-state index is 12.7. The van der Waals surface area contributed by atoms with Crippen molar-refractivity contribution >= 4 is 11.6 Å². The second-order valence-electron chi connectivity index (χ2n) is 13.0. The molecule has 1 aliphatic rings. The van der Waals surface area contributed by atoms with Crippen LogP contribution in [0.25, 0.3) is 0 Å². The van der Waals surface area contributed by atoms with Gasteiger partial charge in [-0.1, -0.05) is 122 Å². The van der Waals surface area contributed by atoms with Crippen molar-refractivity contribution in [3.8, 4) is 0 Å². The average Bonchev–Trinajstić information content (AvgIpc) is 3.16. The number of carbonyl (C=O) groups is 2. The number of methoxy groups -OCH3 is 2. The molecule has 1 rings (SSSR count). The third-order valence-corrected chi connectivity index (χ3v) is 8.65. The largest absolute Gasteiger partial charge is 0.489 e. The van der Waals surface area contributed by atoms with Crippen molar-refractivity contribution in [1.82, 2.24) is 0 Å². The number of rotatable bonds is 31. The van der Waals surface area contributed by atoms with Crippen molar-refractivity contribution in [3.63, 3.8) is 0 Å². The second kappa shape index (κ2) is 34.9. The summed E-state index contributed by atoms with van der Waals surface area (Å²) in [6.45, 7) is 3.74. The smallest absolute Gasteiger partial charge is 0.228 e. The molecule has 0 saturated carbocycles. The minimum absolute atomic E-state index is 0.0102. The van der Waals surface area contributed by atoms with Gasteiger partial charge in [-0.05, 0) is 136 Å². The summed E-state index contributed by atoms with van der Waals surface area (Å²) < 4.78 is 10.2. The van der Waals surface area contributed by atoms with Crippen LogP contribution in [0.3, 0.4) is 0 Å². The zero-order valence-electron chi connectivity index (χ0n) is 33.6. The van der Waals surface area contributed by atoms with Crippen molar-refractivity contribution in [2.45, 2.75) is 136 Å². The second-order valence-corrected chi connectivity index (χ2v) is 13.0. The molecule has 0 heterocycles. The van der Waals surface area contributed by atoms with Crippen LogP contribution in [0.2, 0.25) is 0 Å². The van der Waals surface area contributed by atoms with Gasteiger partial charge in [-0.3, -0.25) is 9.59 Å². The summed E-state index contributed by atoms with van der Waals surface area (Å²) in [5, 5.41) is 0. The highest BCUT2D eigenvalue weighted by Crippen LogP contribution is 2.27. The van der Waals surface area contributed by atoms with Gasteiger partial charge in [0.1, 0.15) is 0 Å². The van der Waals surface area contributed by atoms with Gasteiger partial charge in [-0.2, -0.15) is 0 Å². The number of Topliss-reactive ketones (excluding diaryl/α,β-unsaturated/α-hetero) is 2. The maximum atomic E-state index is 12.7. The molecule has 0 spiro atoms. The lowest BCUT2D eigenvalue weighted by Crippen LogP contribution is -2.24. The van der Waals surface area contributed by atoms with Gasteiger partial charge in [0, 0.05) is 11.1 Å². The van der Waals surface area contributed by atoms with Gasteiger partial charge in [0.05, 0.1) is 14.2 Å². The fourth-order valence-corrected chi connectivity index (χ4v) is 5.54. The molecule has 53 heavy (non-hydrogen) atoms. The lowest BCUT2D eigenvalue weighted by atomic mass is 9.91. The third kappa shape index (κ3) is 24.6. The van der Waals surface area contributed by atoms with Crippen LogP contribution in [0.15, 0.2) is 144 Å². The van der Waals surface area contributed by atoms with Crippen molar-refractivity contribution in [2.24, 2.45) is 0 Å². The summed E-state index contributed by atoms with van der Waals surface area (Å²) >= 11 is 0. The van der Waals surface area contributed by atoms with E-state index in [1.165, 1.54) is 14.2 Å². The number of carbonyl (C=O) groups excluding carboxylic acids is 2. The highest BCUT2D eigenvalue weighted by Gasteiger charge is 2.33. The molecule has 0 amide bonds. The summed E-state index contributed by atoms with van der Waals surface area (Å²) in [6, 6.07) is 0. The topological polar surface area (TPSA) is 52.6 Å². The van der Waals surface area contributed by atoms with E-state index in [0.29, 0.717) is 17.6 Å². The molecule has 0 aromatic rings. The molecular formula is C49H70O4. The van der Waals surface area contributed by atoms with Crippen LogP contribution in [0.5, 0.6) is 0 Å². The van der Waals surface area contributed by atoms with Gasteiger partial charge >= 0.3 is 0 Å². The highest BCUT2D eigenvalue weighted by atomic mass is 16.5. The van der Waals surface area contributed by atoms with E-state index in [1.54, 1.807) is 6.92 Å². The predicted molar refractivity (Wildman–Crippen MR) is 229 cm³/mol. The number of hydrogen-bond donors (Lipinski definition) is 0. The van der Waals surface area contributed by atoms with Crippen LogP contribution in [-0.4, -0.2) is 25.8 Å². The third-order valence-electron chi connectivity index (χ3n) is 8.65. The SMILES string of the molecule is C/C=C/CC/C=C/CC/C=C/CC/C=C/CC/C=C/CC/C=C/CC/C=C/CC/C=C/CC/C=C/CC/C=C/CC1=C(C)C(=O)C(OC)=C(OC)C1=O. The molecular weight excluding hydrogens is 653 g/mol. The van der Waals surface area contributed by atoms with Crippen molar-refractivity contribution in [2.75, 3.05) is 14.2 Å². The molecule has 0 aromatic carbocycles. The highest BCUT2D eigenvalue weighted by molar-refractivity contribution is 6.23. The zero-order chi connectivity index (χ0) is 38.5. The lowest BCUT2D eigenvalue weighted by molar-refractivity contribution is -0.121. The molecule has 0 atom stereocenters. The Labute approximate surface area is 324 Å². The van der Waals surface area contributed by atoms with E-state index in [0.717, 1.165) is 116 Å². The molecule has 0 fully saturated rings. The van der Waals surface area contributed by atoms with Crippen LogP contribution in [-0.2, 0) is 19.1 Å². The first-order chi connectivity index (χ1) is 26.1. The maximum Gasteiger partial charge on any atom is 0.228 e. The van der Waals surface area contributed by atoms with Crippen LogP contribution >= 0.6 is 0 Å². The normalized spacial score (nSPS) is 15.0. The summed E-state index contributed by atoms with van der Waals surface area (Å²) in [5.74, 6) is -0.587. The molecule has 0 saturated heterocycles. The molecule has 0 bridgehead atoms. The minimum atomic E-state index is -0.287. The monoisotopic (exact) mass is 723 g/mol. The Hall–Kier alpha value is -4.18. The number of hydrogen-bond acceptors (Lipinski definition) is 4. The Morgan fingerprint density at radius 2 is 0.585 bits per heavy atom. The molecule has 0 N–H and O–H groups in total. The lowest BCUT2D eigenvalue weighted by Gasteiger charge is -2.19. The van der Waals surface area contributed by atoms with Gasteiger partial charge in [-0.15, -0.1) is 0 Å².